The van der Waals surface area contributed by atoms with Gasteiger partial charge in [-0.3, -0.25) is 4.57 Å². The minimum atomic E-state index is -2.78. The highest BCUT2D eigenvalue weighted by atomic mass is 19.3. The summed E-state index contributed by atoms with van der Waals surface area (Å²) in [7, 11) is 0. The van der Waals surface area contributed by atoms with E-state index in [2.05, 4.69) is 15.0 Å². The Kier molecular flexibility index (Phi) is 5.38. The van der Waals surface area contributed by atoms with Gasteiger partial charge in [-0.25, -0.2) is 13.8 Å². The van der Waals surface area contributed by atoms with Crippen LogP contribution in [0.1, 0.15) is 26.1 Å². The second-order valence-electron chi connectivity index (χ2n) is 8.46. The van der Waals surface area contributed by atoms with Crippen molar-refractivity contribution in [2.24, 2.45) is 0 Å². The fraction of sp³-hybridized carbons (Fsp3) is 0.524. The van der Waals surface area contributed by atoms with Gasteiger partial charge < -0.3 is 19.3 Å². The van der Waals surface area contributed by atoms with E-state index < -0.39 is 12.2 Å². The highest BCUT2D eigenvalue weighted by Crippen LogP contribution is 2.29. The lowest BCUT2D eigenvalue weighted by Crippen LogP contribution is -2.49. The third-order valence-electron chi connectivity index (χ3n) is 5.58. The standard InChI is InChI=1S/C21H25F2N7O2/c1-21(2)13-29(9-12-32-21)19-25-18(28-7-10-31-11-8-28)26-20(27-19)30-15-6-4-3-5-14(15)24-17(30)16(22)23/h3-6,16H,7-13H2,1-2H3. The number of hydrogen-bond donors (Lipinski definition) is 0. The van der Waals surface area contributed by atoms with Crippen molar-refractivity contribution in [1.82, 2.24) is 24.5 Å². The number of ether oxygens (including phenoxy) is 2. The third kappa shape index (κ3) is 3.97. The monoisotopic (exact) mass is 445 g/mol. The molecule has 0 bridgehead atoms. The highest BCUT2D eigenvalue weighted by Gasteiger charge is 2.31. The smallest absolute Gasteiger partial charge is 0.296 e. The zero-order chi connectivity index (χ0) is 22.3. The van der Waals surface area contributed by atoms with Gasteiger partial charge in [-0.05, 0) is 26.0 Å². The Balaban J connectivity index is 1.67. The number of alkyl halides is 2. The van der Waals surface area contributed by atoms with E-state index in [0.717, 1.165) is 0 Å². The van der Waals surface area contributed by atoms with Gasteiger partial charge in [0.05, 0.1) is 36.5 Å². The van der Waals surface area contributed by atoms with Crippen molar-refractivity contribution in [3.05, 3.63) is 30.1 Å². The number of nitrogens with zero attached hydrogens (tertiary/aromatic N) is 7. The SMILES string of the molecule is CC1(C)CN(c2nc(N3CCOCC3)nc(-n3c(C(F)F)nc4ccccc43)n2)CCO1. The molecule has 4 heterocycles. The first-order valence-electron chi connectivity index (χ1n) is 10.6. The topological polar surface area (TPSA) is 81.4 Å². The van der Waals surface area contributed by atoms with E-state index in [1.54, 1.807) is 24.3 Å². The molecule has 2 saturated heterocycles. The first-order valence-corrected chi connectivity index (χ1v) is 10.6. The molecule has 1 aromatic carbocycles. The molecule has 2 aliphatic heterocycles. The molecule has 0 aliphatic carbocycles. The van der Waals surface area contributed by atoms with Crippen LogP contribution in [0.3, 0.4) is 0 Å². The summed E-state index contributed by atoms with van der Waals surface area (Å²) in [6.07, 6.45) is -2.78. The molecule has 2 fully saturated rings. The molecule has 3 aromatic rings. The molecule has 2 aromatic heterocycles. The average Bonchev–Trinajstić information content (AvgIpc) is 3.19. The molecule has 0 atom stereocenters. The van der Waals surface area contributed by atoms with Crippen LogP contribution in [-0.4, -0.2) is 76.1 Å². The van der Waals surface area contributed by atoms with Gasteiger partial charge in [0.1, 0.15) is 0 Å². The van der Waals surface area contributed by atoms with Crippen molar-refractivity contribution >= 4 is 22.9 Å². The van der Waals surface area contributed by atoms with Gasteiger partial charge in [0, 0.05) is 26.2 Å². The van der Waals surface area contributed by atoms with Crippen LogP contribution in [0.5, 0.6) is 0 Å². The van der Waals surface area contributed by atoms with Crippen LogP contribution in [0.15, 0.2) is 24.3 Å². The highest BCUT2D eigenvalue weighted by molar-refractivity contribution is 5.77. The Morgan fingerprint density at radius 2 is 1.53 bits per heavy atom. The molecule has 9 nitrogen and oxygen atoms in total. The number of rotatable bonds is 4. The molecule has 0 unspecified atom stereocenters. The van der Waals surface area contributed by atoms with Crippen LogP contribution in [0.4, 0.5) is 20.7 Å². The van der Waals surface area contributed by atoms with Crippen LogP contribution in [0.25, 0.3) is 17.0 Å². The fourth-order valence-corrected chi connectivity index (χ4v) is 4.08. The number of fused-ring (bicyclic) bond motifs is 1. The summed E-state index contributed by atoms with van der Waals surface area (Å²) >= 11 is 0. The number of para-hydroxylation sites is 2. The molecule has 0 N–H and O–H groups in total. The van der Waals surface area contributed by atoms with E-state index in [9.17, 15) is 8.78 Å². The van der Waals surface area contributed by atoms with Crippen molar-refractivity contribution in [3.8, 4) is 5.95 Å². The minimum absolute atomic E-state index is 0.129. The van der Waals surface area contributed by atoms with E-state index >= 15 is 0 Å². The van der Waals surface area contributed by atoms with Crippen LogP contribution in [0.2, 0.25) is 0 Å². The molecule has 0 spiro atoms. The summed E-state index contributed by atoms with van der Waals surface area (Å²) in [5.74, 6) is 0.616. The van der Waals surface area contributed by atoms with Crippen molar-refractivity contribution in [3.63, 3.8) is 0 Å². The van der Waals surface area contributed by atoms with Gasteiger partial charge in [0.25, 0.3) is 6.43 Å². The van der Waals surface area contributed by atoms with Gasteiger partial charge in [-0.15, -0.1) is 0 Å². The lowest BCUT2D eigenvalue weighted by molar-refractivity contribution is -0.0281. The summed E-state index contributed by atoms with van der Waals surface area (Å²) in [6.45, 7) is 8.04. The number of morpholine rings is 2. The predicted molar refractivity (Wildman–Crippen MR) is 115 cm³/mol. The number of imidazole rings is 1. The van der Waals surface area contributed by atoms with Crippen molar-refractivity contribution in [2.45, 2.75) is 25.9 Å². The molecule has 0 radical (unpaired) electrons. The Hall–Kier alpha value is -2.92. The average molecular weight is 445 g/mol. The number of aromatic nitrogens is 5. The maximum absolute atomic E-state index is 14.0. The van der Waals surface area contributed by atoms with Crippen LogP contribution >= 0.6 is 0 Å². The van der Waals surface area contributed by atoms with Crippen molar-refractivity contribution < 1.29 is 18.3 Å². The molecule has 0 amide bonds. The second-order valence-corrected chi connectivity index (χ2v) is 8.46. The van der Waals surface area contributed by atoms with E-state index in [-0.39, 0.29) is 11.5 Å². The number of halogens is 2. The number of hydrogen-bond acceptors (Lipinski definition) is 8. The number of anilines is 2. The van der Waals surface area contributed by atoms with Crippen LogP contribution in [-0.2, 0) is 9.47 Å². The quantitative estimate of drug-likeness (QED) is 0.606. The largest absolute Gasteiger partial charge is 0.378 e. The fourth-order valence-electron chi connectivity index (χ4n) is 4.08. The Morgan fingerprint density at radius 1 is 0.875 bits per heavy atom. The molecule has 2 aliphatic rings. The maximum Gasteiger partial charge on any atom is 0.296 e. The summed E-state index contributed by atoms with van der Waals surface area (Å²) in [5.41, 5.74) is 0.611. The lowest BCUT2D eigenvalue weighted by atomic mass is 10.1. The first kappa shape index (κ1) is 21.0. The minimum Gasteiger partial charge on any atom is -0.378 e. The molecule has 5 rings (SSSR count). The van der Waals surface area contributed by atoms with Gasteiger partial charge >= 0.3 is 0 Å². The van der Waals surface area contributed by atoms with Gasteiger partial charge in [-0.1, -0.05) is 12.1 Å². The zero-order valence-electron chi connectivity index (χ0n) is 18.0. The third-order valence-corrected chi connectivity index (χ3v) is 5.58. The summed E-state index contributed by atoms with van der Waals surface area (Å²) in [4.78, 5) is 22.1. The number of benzene rings is 1. The lowest BCUT2D eigenvalue weighted by Gasteiger charge is -2.38. The first-order chi connectivity index (χ1) is 15.4. The molecule has 32 heavy (non-hydrogen) atoms. The summed E-state index contributed by atoms with van der Waals surface area (Å²) in [5, 5.41) is 0. The predicted octanol–water partition coefficient (Wildman–Crippen LogP) is 2.60. The summed E-state index contributed by atoms with van der Waals surface area (Å²) < 4.78 is 40.5. The Labute approximate surface area is 184 Å². The van der Waals surface area contributed by atoms with E-state index in [1.165, 1.54) is 4.57 Å². The van der Waals surface area contributed by atoms with Gasteiger partial charge in [0.15, 0.2) is 5.82 Å². The van der Waals surface area contributed by atoms with Crippen LogP contribution in [0, 0.1) is 0 Å². The second kappa shape index (κ2) is 8.21. The van der Waals surface area contributed by atoms with Crippen LogP contribution < -0.4 is 9.80 Å². The Morgan fingerprint density at radius 3 is 2.25 bits per heavy atom. The van der Waals surface area contributed by atoms with Gasteiger partial charge in [0.2, 0.25) is 17.8 Å². The van der Waals surface area contributed by atoms with E-state index in [4.69, 9.17) is 14.5 Å². The molecular formula is C21H25F2N7O2. The normalized spacial score (nSPS) is 19.2. The van der Waals surface area contributed by atoms with Crippen molar-refractivity contribution in [2.75, 3.05) is 55.8 Å². The summed E-state index contributed by atoms with van der Waals surface area (Å²) in [6, 6.07) is 6.99. The molecule has 0 saturated carbocycles. The van der Waals surface area contributed by atoms with E-state index in [1.807, 2.05) is 23.6 Å². The zero-order valence-corrected chi connectivity index (χ0v) is 18.0. The molecule has 170 valence electrons. The van der Waals surface area contributed by atoms with E-state index in [0.29, 0.717) is 68.9 Å². The maximum atomic E-state index is 14.0. The van der Waals surface area contributed by atoms with Crippen molar-refractivity contribution in [1.29, 1.82) is 0 Å². The van der Waals surface area contributed by atoms with Gasteiger partial charge in [-0.2, -0.15) is 15.0 Å². The Bertz CT molecular complexity index is 1110. The molecule has 11 heteroatoms. The molecular weight excluding hydrogens is 420 g/mol.